The van der Waals surface area contributed by atoms with Gasteiger partial charge in [-0.1, -0.05) is 5.16 Å². The number of methoxy groups -OCH3 is 1. The molecule has 6 heterocycles. The fourth-order valence-electron chi connectivity index (χ4n) is 5.21. The van der Waals surface area contributed by atoms with Crippen molar-refractivity contribution >= 4 is 22.8 Å². The van der Waals surface area contributed by atoms with Gasteiger partial charge in [-0.25, -0.2) is 4.98 Å². The van der Waals surface area contributed by atoms with Gasteiger partial charge in [-0.3, -0.25) is 14.6 Å². The molecule has 6 rings (SSSR count). The second-order valence-corrected chi connectivity index (χ2v) is 9.79. The monoisotopic (exact) mass is 504 g/mol. The number of hydrogen-bond acceptors (Lipinski definition) is 11. The third-order valence-corrected chi connectivity index (χ3v) is 7.37. The van der Waals surface area contributed by atoms with Crippen LogP contribution < -0.4 is 21.1 Å². The largest absolute Gasteiger partial charge is 0.495 e. The lowest BCUT2D eigenvalue weighted by Gasteiger charge is -2.42. The van der Waals surface area contributed by atoms with Crippen molar-refractivity contribution in [3.63, 3.8) is 0 Å². The molecule has 2 aliphatic heterocycles. The van der Waals surface area contributed by atoms with E-state index in [1.165, 1.54) is 5.56 Å². The first-order valence-corrected chi connectivity index (χ1v) is 12.7. The SMILES string of the molecule is COc1cc(C2CCN(C3CNC3)CC2)cnc1Cn1ncc2nc(N)nc(NCc3cc(C)on3)c21. The molecule has 0 atom stereocenters. The van der Waals surface area contributed by atoms with Crippen molar-refractivity contribution in [1.82, 2.24) is 40.1 Å². The number of nitrogens with one attached hydrogen (secondary N) is 2. The van der Waals surface area contributed by atoms with Crippen LogP contribution in [-0.4, -0.2) is 74.1 Å². The van der Waals surface area contributed by atoms with Crippen LogP contribution in [0.4, 0.5) is 11.8 Å². The number of rotatable bonds is 8. The number of piperidine rings is 1. The Labute approximate surface area is 214 Å². The number of fused-ring (bicyclic) bond motifs is 1. The molecule has 12 nitrogen and oxygen atoms in total. The van der Waals surface area contributed by atoms with Crippen molar-refractivity contribution in [2.75, 3.05) is 44.3 Å². The summed E-state index contributed by atoms with van der Waals surface area (Å²) in [6, 6.07) is 4.72. The molecule has 2 fully saturated rings. The summed E-state index contributed by atoms with van der Waals surface area (Å²) in [4.78, 5) is 16.2. The van der Waals surface area contributed by atoms with Gasteiger partial charge in [-0.05, 0) is 50.4 Å². The van der Waals surface area contributed by atoms with Crippen molar-refractivity contribution in [2.24, 2.45) is 0 Å². The van der Waals surface area contributed by atoms with E-state index in [2.05, 4.69) is 41.8 Å². The van der Waals surface area contributed by atoms with E-state index in [4.69, 9.17) is 20.0 Å². The Morgan fingerprint density at radius 1 is 1.19 bits per heavy atom. The molecule has 0 amide bonds. The Morgan fingerprint density at radius 2 is 2.03 bits per heavy atom. The molecular weight excluding hydrogens is 472 g/mol. The maximum atomic E-state index is 5.96. The Bertz CT molecular complexity index is 1390. The number of aryl methyl sites for hydroxylation is 1. The highest BCUT2D eigenvalue weighted by atomic mass is 16.5. The Morgan fingerprint density at radius 3 is 2.73 bits per heavy atom. The predicted octanol–water partition coefficient (Wildman–Crippen LogP) is 1.92. The number of hydrogen-bond donors (Lipinski definition) is 3. The minimum absolute atomic E-state index is 0.172. The number of pyridine rings is 1. The zero-order valence-corrected chi connectivity index (χ0v) is 21.1. The molecule has 0 radical (unpaired) electrons. The lowest BCUT2D eigenvalue weighted by molar-refractivity contribution is 0.113. The summed E-state index contributed by atoms with van der Waals surface area (Å²) in [5.74, 6) is 2.75. The average molecular weight is 505 g/mol. The third kappa shape index (κ3) is 4.81. The second-order valence-electron chi connectivity index (χ2n) is 9.79. The van der Waals surface area contributed by atoms with Crippen LogP contribution in [0.1, 0.15) is 41.5 Å². The van der Waals surface area contributed by atoms with Crippen molar-refractivity contribution < 1.29 is 9.26 Å². The highest BCUT2D eigenvalue weighted by Crippen LogP contribution is 2.32. The number of nitrogen functional groups attached to an aromatic ring is 1. The van der Waals surface area contributed by atoms with Gasteiger partial charge in [0, 0.05) is 31.4 Å². The van der Waals surface area contributed by atoms with E-state index in [0.717, 1.165) is 67.4 Å². The summed E-state index contributed by atoms with van der Waals surface area (Å²) < 4.78 is 12.8. The fraction of sp³-hybridized carbons (Fsp3) is 0.480. The number of nitrogens with two attached hydrogens (primary N) is 1. The average Bonchev–Trinajstić information content (AvgIpc) is 3.48. The quantitative estimate of drug-likeness (QED) is 0.323. The number of aromatic nitrogens is 6. The summed E-state index contributed by atoms with van der Waals surface area (Å²) in [5, 5.41) is 15.3. The van der Waals surface area contributed by atoms with E-state index in [1.54, 1.807) is 13.3 Å². The lowest BCUT2D eigenvalue weighted by Crippen LogP contribution is -2.58. The molecule has 12 heteroatoms. The highest BCUT2D eigenvalue weighted by Gasteiger charge is 2.29. The van der Waals surface area contributed by atoms with Crippen molar-refractivity contribution in [2.45, 2.75) is 44.8 Å². The minimum Gasteiger partial charge on any atom is -0.495 e. The molecule has 0 aromatic carbocycles. The first-order valence-electron chi connectivity index (χ1n) is 12.7. The summed E-state index contributed by atoms with van der Waals surface area (Å²) >= 11 is 0. The van der Waals surface area contributed by atoms with Crippen molar-refractivity contribution in [3.05, 3.63) is 47.2 Å². The predicted molar refractivity (Wildman–Crippen MR) is 138 cm³/mol. The molecule has 0 bridgehead atoms. The zero-order valence-electron chi connectivity index (χ0n) is 21.1. The van der Waals surface area contributed by atoms with Crippen molar-refractivity contribution in [1.29, 1.82) is 0 Å². The molecule has 4 aromatic rings. The highest BCUT2D eigenvalue weighted by molar-refractivity contribution is 5.86. The van der Waals surface area contributed by atoms with Crippen LogP contribution in [0.2, 0.25) is 0 Å². The summed E-state index contributed by atoms with van der Waals surface area (Å²) in [6.07, 6.45) is 5.97. The molecule has 194 valence electrons. The van der Waals surface area contributed by atoms with Gasteiger partial charge < -0.3 is 25.6 Å². The minimum atomic E-state index is 0.172. The molecular formula is C25H32N10O2. The first-order chi connectivity index (χ1) is 18.1. The van der Waals surface area contributed by atoms with Gasteiger partial charge in [0.05, 0.1) is 26.4 Å². The number of ether oxygens (including phenoxy) is 1. The molecule has 4 N–H and O–H groups in total. The smallest absolute Gasteiger partial charge is 0.222 e. The standard InChI is InChI=1S/C25H32N10O2/c1-15-7-18(33-37-15)10-29-24-23-20(31-25(26)32-24)13-30-35(23)14-21-22(36-2)8-17(9-28-21)16-3-5-34(6-4-16)19-11-27-12-19/h7-9,13,16,19,27H,3-6,10-12,14H2,1-2H3,(H3,26,29,31,32). The normalized spacial score (nSPS) is 17.2. The van der Waals surface area contributed by atoms with Crippen LogP contribution in [0.25, 0.3) is 11.0 Å². The van der Waals surface area contributed by atoms with Crippen LogP contribution in [0.15, 0.2) is 29.0 Å². The molecule has 0 saturated carbocycles. The van der Waals surface area contributed by atoms with E-state index >= 15 is 0 Å². The van der Waals surface area contributed by atoms with Crippen LogP contribution in [0.3, 0.4) is 0 Å². The van der Waals surface area contributed by atoms with Gasteiger partial charge in [-0.15, -0.1) is 0 Å². The Hall–Kier alpha value is -3.77. The maximum Gasteiger partial charge on any atom is 0.222 e. The third-order valence-electron chi connectivity index (χ3n) is 7.37. The number of anilines is 2. The van der Waals surface area contributed by atoms with Gasteiger partial charge >= 0.3 is 0 Å². The van der Waals surface area contributed by atoms with E-state index in [0.29, 0.717) is 36.4 Å². The van der Waals surface area contributed by atoms with Crippen LogP contribution >= 0.6 is 0 Å². The van der Waals surface area contributed by atoms with Gasteiger partial charge in [0.2, 0.25) is 5.95 Å². The topological polar surface area (TPSA) is 145 Å². The summed E-state index contributed by atoms with van der Waals surface area (Å²) in [6.45, 7) is 7.19. The van der Waals surface area contributed by atoms with Crippen LogP contribution in [0, 0.1) is 6.92 Å². The van der Waals surface area contributed by atoms with Crippen molar-refractivity contribution in [3.8, 4) is 5.75 Å². The molecule has 0 unspecified atom stereocenters. The maximum absolute atomic E-state index is 5.96. The van der Waals surface area contributed by atoms with E-state index < -0.39 is 0 Å². The molecule has 2 aliphatic rings. The Balaban J connectivity index is 1.21. The lowest BCUT2D eigenvalue weighted by atomic mass is 9.89. The van der Waals surface area contributed by atoms with Gasteiger partial charge in [0.15, 0.2) is 5.82 Å². The number of likely N-dealkylation sites (tertiary alicyclic amines) is 1. The molecule has 4 aromatic heterocycles. The molecule has 0 aliphatic carbocycles. The first kappa shape index (κ1) is 23.6. The van der Waals surface area contributed by atoms with E-state index in [-0.39, 0.29) is 5.95 Å². The Kier molecular flexibility index (Phi) is 6.35. The van der Waals surface area contributed by atoms with E-state index in [1.807, 2.05) is 23.9 Å². The molecule has 37 heavy (non-hydrogen) atoms. The van der Waals surface area contributed by atoms with Crippen LogP contribution in [0.5, 0.6) is 5.75 Å². The van der Waals surface area contributed by atoms with Gasteiger partial charge in [0.1, 0.15) is 33.9 Å². The van der Waals surface area contributed by atoms with Gasteiger partial charge in [-0.2, -0.15) is 10.1 Å². The summed E-state index contributed by atoms with van der Waals surface area (Å²) in [5.41, 5.74) is 10.1. The van der Waals surface area contributed by atoms with Gasteiger partial charge in [0.25, 0.3) is 0 Å². The van der Waals surface area contributed by atoms with E-state index in [9.17, 15) is 0 Å². The number of nitrogens with zero attached hydrogens (tertiary/aromatic N) is 7. The fourth-order valence-corrected chi connectivity index (χ4v) is 5.21. The zero-order chi connectivity index (χ0) is 25.4. The second kappa shape index (κ2) is 9.94. The van der Waals surface area contributed by atoms with Crippen LogP contribution in [-0.2, 0) is 13.1 Å². The summed E-state index contributed by atoms with van der Waals surface area (Å²) in [7, 11) is 1.69. The molecule has 2 saturated heterocycles. The molecule has 0 spiro atoms.